The Hall–Kier alpha value is -3.15. The highest BCUT2D eigenvalue weighted by Crippen LogP contribution is 2.39. The van der Waals surface area contributed by atoms with Crippen LogP contribution in [0.5, 0.6) is 11.6 Å². The van der Waals surface area contributed by atoms with Crippen LogP contribution in [0.25, 0.3) is 10.9 Å². The Morgan fingerprint density at radius 3 is 2.70 bits per heavy atom. The lowest BCUT2D eigenvalue weighted by atomic mass is 10.1. The van der Waals surface area contributed by atoms with Crippen molar-refractivity contribution in [1.29, 1.82) is 0 Å². The first-order valence-corrected chi connectivity index (χ1v) is 9.04. The Balaban J connectivity index is 1.82. The second kappa shape index (κ2) is 8.49. The molecule has 3 aromatic rings. The number of unbranched alkanes of at least 4 members (excludes halogenated alkanes) is 1. The van der Waals surface area contributed by atoms with Crippen molar-refractivity contribution in [3.05, 3.63) is 54.1 Å². The molecular weight excluding hydrogens is 342 g/mol. The van der Waals surface area contributed by atoms with Crippen molar-refractivity contribution < 1.29 is 14.6 Å². The van der Waals surface area contributed by atoms with Crippen molar-refractivity contribution in [2.45, 2.75) is 33.2 Å². The third kappa shape index (κ3) is 4.34. The van der Waals surface area contributed by atoms with Gasteiger partial charge in [-0.1, -0.05) is 43.2 Å². The van der Waals surface area contributed by atoms with E-state index in [0.29, 0.717) is 18.0 Å². The lowest BCUT2D eigenvalue weighted by molar-refractivity contribution is -0.120. The van der Waals surface area contributed by atoms with Crippen molar-refractivity contribution in [2.24, 2.45) is 10.2 Å². The van der Waals surface area contributed by atoms with Crippen LogP contribution in [-0.4, -0.2) is 22.2 Å². The van der Waals surface area contributed by atoms with Crippen LogP contribution in [0.15, 0.2) is 58.8 Å². The first-order chi connectivity index (χ1) is 13.1. The molecule has 0 aliphatic carbocycles. The molecule has 1 aromatic heterocycles. The summed E-state index contributed by atoms with van der Waals surface area (Å²) in [5, 5.41) is 19.2. The number of hydrogen-bond acceptors (Lipinski definition) is 4. The van der Waals surface area contributed by atoms with Crippen LogP contribution in [0.2, 0.25) is 0 Å². The molecule has 6 nitrogen and oxygen atoms in total. The van der Waals surface area contributed by atoms with Crippen molar-refractivity contribution in [3.8, 4) is 11.6 Å². The summed E-state index contributed by atoms with van der Waals surface area (Å²) in [6, 6.07) is 14.9. The molecule has 0 fully saturated rings. The summed E-state index contributed by atoms with van der Waals surface area (Å²) in [7, 11) is 0. The van der Waals surface area contributed by atoms with Gasteiger partial charge in [0.15, 0.2) is 12.3 Å². The lowest BCUT2D eigenvalue weighted by Gasteiger charge is -2.05. The minimum absolute atomic E-state index is 0.0320. The summed E-state index contributed by atoms with van der Waals surface area (Å²) in [4.78, 5) is 12.0. The number of hydrogen-bond donors (Lipinski definition) is 1. The van der Waals surface area contributed by atoms with E-state index in [1.165, 1.54) is 0 Å². The molecule has 0 aliphatic heterocycles. The molecule has 0 saturated heterocycles. The Kier molecular flexibility index (Phi) is 5.86. The van der Waals surface area contributed by atoms with Gasteiger partial charge in [-0.2, -0.15) is 0 Å². The number of fused-ring (bicyclic) bond motifs is 1. The maximum Gasteiger partial charge on any atom is 0.302 e. The van der Waals surface area contributed by atoms with E-state index in [-0.39, 0.29) is 12.5 Å². The number of carbonyl (C=O) groups excluding carboxylic acids is 1. The third-order valence-corrected chi connectivity index (χ3v) is 4.27. The zero-order valence-corrected chi connectivity index (χ0v) is 15.6. The summed E-state index contributed by atoms with van der Waals surface area (Å²) in [5.41, 5.74) is 2.25. The Bertz CT molecular complexity index is 962. The van der Waals surface area contributed by atoms with E-state index in [4.69, 9.17) is 4.74 Å². The summed E-state index contributed by atoms with van der Waals surface area (Å²) >= 11 is 0. The monoisotopic (exact) mass is 365 g/mol. The van der Waals surface area contributed by atoms with E-state index in [0.717, 1.165) is 29.3 Å². The van der Waals surface area contributed by atoms with E-state index < -0.39 is 5.91 Å². The molecule has 1 heterocycles. The molecule has 1 amide bonds. The van der Waals surface area contributed by atoms with Gasteiger partial charge in [0.25, 0.3) is 0 Å². The second-order valence-electron chi connectivity index (χ2n) is 6.39. The van der Waals surface area contributed by atoms with Crippen molar-refractivity contribution in [2.75, 3.05) is 6.61 Å². The largest absolute Gasteiger partial charge is 0.493 e. The smallest absolute Gasteiger partial charge is 0.302 e. The maximum absolute atomic E-state index is 12.0. The molecule has 0 unspecified atom stereocenters. The van der Waals surface area contributed by atoms with E-state index >= 15 is 0 Å². The number of rotatable bonds is 7. The number of azo groups is 1. The van der Waals surface area contributed by atoms with Crippen LogP contribution in [-0.2, 0) is 11.3 Å². The Labute approximate surface area is 158 Å². The average Bonchev–Trinajstić information content (AvgIpc) is 2.94. The standard InChI is InChI=1S/C21H23N3O3/c1-3-4-12-24-18-11-10-15(2)13-17(18)20(21(24)26)23-22-19(25)14-27-16-8-6-5-7-9-16/h5-11,13,26H,3-4,12,14H2,1-2H3. The van der Waals surface area contributed by atoms with Gasteiger partial charge in [0.1, 0.15) is 5.75 Å². The van der Waals surface area contributed by atoms with E-state index in [1.54, 1.807) is 12.1 Å². The highest BCUT2D eigenvalue weighted by atomic mass is 16.5. The predicted molar refractivity (Wildman–Crippen MR) is 105 cm³/mol. The summed E-state index contributed by atoms with van der Waals surface area (Å²) in [6.45, 7) is 4.54. The summed E-state index contributed by atoms with van der Waals surface area (Å²) in [6.07, 6.45) is 1.95. The number of aryl methyl sites for hydroxylation is 2. The topological polar surface area (TPSA) is 76.2 Å². The van der Waals surface area contributed by atoms with Crippen LogP contribution in [0, 0.1) is 6.92 Å². The van der Waals surface area contributed by atoms with E-state index in [2.05, 4.69) is 17.2 Å². The molecule has 27 heavy (non-hydrogen) atoms. The van der Waals surface area contributed by atoms with Gasteiger partial charge in [-0.25, -0.2) is 0 Å². The molecule has 0 spiro atoms. The highest BCUT2D eigenvalue weighted by Gasteiger charge is 2.17. The quantitative estimate of drug-likeness (QED) is 0.589. The van der Waals surface area contributed by atoms with Crippen molar-refractivity contribution in [1.82, 2.24) is 4.57 Å². The third-order valence-electron chi connectivity index (χ3n) is 4.27. The molecule has 140 valence electrons. The van der Waals surface area contributed by atoms with Gasteiger partial charge in [-0.15, -0.1) is 10.2 Å². The van der Waals surface area contributed by atoms with Gasteiger partial charge >= 0.3 is 5.91 Å². The van der Waals surface area contributed by atoms with Crippen LogP contribution >= 0.6 is 0 Å². The number of amides is 1. The van der Waals surface area contributed by atoms with Gasteiger partial charge < -0.3 is 14.4 Å². The molecule has 0 radical (unpaired) electrons. The van der Waals surface area contributed by atoms with Gasteiger partial charge in [0.2, 0.25) is 5.88 Å². The fourth-order valence-corrected chi connectivity index (χ4v) is 2.87. The number of nitrogens with zero attached hydrogens (tertiary/aromatic N) is 3. The fraction of sp³-hybridized carbons (Fsp3) is 0.286. The second-order valence-corrected chi connectivity index (χ2v) is 6.39. The number of para-hydroxylation sites is 1. The molecule has 1 N–H and O–H groups in total. The molecule has 0 aliphatic rings. The molecule has 0 bridgehead atoms. The number of benzene rings is 2. The predicted octanol–water partition coefficient (Wildman–Crippen LogP) is 5.14. The van der Waals surface area contributed by atoms with Crippen molar-refractivity contribution in [3.63, 3.8) is 0 Å². The SMILES string of the molecule is CCCCn1c(O)c(N=NC(=O)COc2ccccc2)c2cc(C)ccc21. The average molecular weight is 365 g/mol. The van der Waals surface area contributed by atoms with Crippen LogP contribution in [0.4, 0.5) is 5.69 Å². The summed E-state index contributed by atoms with van der Waals surface area (Å²) in [5.74, 6) is 0.112. The van der Waals surface area contributed by atoms with Gasteiger partial charge in [0, 0.05) is 11.9 Å². The molecule has 2 aromatic carbocycles. The maximum atomic E-state index is 12.0. The van der Waals surface area contributed by atoms with Gasteiger partial charge in [-0.3, -0.25) is 4.79 Å². The molecular formula is C21H23N3O3. The Morgan fingerprint density at radius 1 is 1.19 bits per heavy atom. The minimum Gasteiger partial charge on any atom is -0.493 e. The fourth-order valence-electron chi connectivity index (χ4n) is 2.87. The normalized spacial score (nSPS) is 11.3. The number of aromatic hydroxyl groups is 1. The molecule has 0 saturated carbocycles. The van der Waals surface area contributed by atoms with Crippen LogP contribution in [0.3, 0.4) is 0 Å². The lowest BCUT2D eigenvalue weighted by Crippen LogP contribution is -2.07. The zero-order chi connectivity index (χ0) is 19.2. The van der Waals surface area contributed by atoms with E-state index in [9.17, 15) is 9.90 Å². The number of carbonyl (C=O) groups is 1. The minimum atomic E-state index is -0.514. The van der Waals surface area contributed by atoms with Gasteiger partial charge in [0.05, 0.1) is 5.52 Å². The zero-order valence-electron chi connectivity index (χ0n) is 15.6. The first-order valence-electron chi connectivity index (χ1n) is 9.04. The van der Waals surface area contributed by atoms with Crippen LogP contribution < -0.4 is 4.74 Å². The Morgan fingerprint density at radius 2 is 1.96 bits per heavy atom. The number of ether oxygens (including phenoxy) is 1. The summed E-state index contributed by atoms with van der Waals surface area (Å²) < 4.78 is 7.20. The molecule has 3 rings (SSSR count). The molecule has 0 atom stereocenters. The number of aromatic nitrogens is 1. The highest BCUT2D eigenvalue weighted by molar-refractivity contribution is 5.95. The van der Waals surface area contributed by atoms with Crippen molar-refractivity contribution >= 4 is 22.5 Å². The van der Waals surface area contributed by atoms with Crippen LogP contribution in [0.1, 0.15) is 25.3 Å². The first kappa shape index (κ1) is 18.6. The van der Waals surface area contributed by atoms with Gasteiger partial charge in [-0.05, 0) is 37.6 Å². The van der Waals surface area contributed by atoms with E-state index in [1.807, 2.05) is 47.9 Å². The molecule has 6 heteroatoms.